The maximum Gasteiger partial charge on any atom is 0.157 e. The molecule has 1 unspecified atom stereocenters. The van der Waals surface area contributed by atoms with Crippen molar-refractivity contribution in [3.05, 3.63) is 56.3 Å². The number of nitrogens with zero attached hydrogens (tertiary/aromatic N) is 2. The van der Waals surface area contributed by atoms with Crippen molar-refractivity contribution in [1.82, 2.24) is 10.2 Å². The lowest BCUT2D eigenvalue weighted by Crippen LogP contribution is -1.91. The minimum atomic E-state index is -0.244. The van der Waals surface area contributed by atoms with E-state index in [1.54, 1.807) is 22.7 Å². The van der Waals surface area contributed by atoms with Gasteiger partial charge < -0.3 is 0 Å². The summed E-state index contributed by atoms with van der Waals surface area (Å²) in [6.45, 7) is 2.07. The second-order valence-electron chi connectivity index (χ2n) is 4.29. The number of aromatic nitrogens is 2. The number of halogens is 2. The highest BCUT2D eigenvalue weighted by Gasteiger charge is 2.18. The van der Waals surface area contributed by atoms with E-state index in [1.165, 1.54) is 5.56 Å². The van der Waals surface area contributed by atoms with Gasteiger partial charge in [-0.3, -0.25) is 0 Å². The van der Waals surface area contributed by atoms with E-state index in [2.05, 4.69) is 39.1 Å². The van der Waals surface area contributed by atoms with Crippen LogP contribution < -0.4 is 0 Å². The molecule has 0 aliphatic heterocycles. The monoisotopic (exact) mass is 384 g/mol. The molecule has 0 bridgehead atoms. The summed E-state index contributed by atoms with van der Waals surface area (Å²) in [4.78, 5) is 1.12. The van der Waals surface area contributed by atoms with Crippen molar-refractivity contribution in [2.24, 2.45) is 0 Å². The lowest BCUT2D eigenvalue weighted by atomic mass is 10.1. The SMILES string of the molecule is Cc1cc(-c2nnc(C(Cl)c3ccccc3)s2)sc1Br. The number of alkyl halides is 1. The molecule has 0 N–H and O–H groups in total. The minimum Gasteiger partial charge on any atom is -0.141 e. The zero-order valence-corrected chi connectivity index (χ0v) is 14.5. The molecule has 0 radical (unpaired) electrons. The lowest BCUT2D eigenvalue weighted by molar-refractivity contribution is 0.989. The van der Waals surface area contributed by atoms with Crippen molar-refractivity contribution in [3.63, 3.8) is 0 Å². The van der Waals surface area contributed by atoms with Gasteiger partial charge in [0.15, 0.2) is 5.01 Å². The zero-order valence-electron chi connectivity index (χ0n) is 10.5. The molecule has 1 atom stereocenters. The number of hydrogen-bond donors (Lipinski definition) is 0. The molecule has 0 amide bonds. The van der Waals surface area contributed by atoms with Crippen LogP contribution in [0.2, 0.25) is 0 Å². The van der Waals surface area contributed by atoms with Gasteiger partial charge in [-0.05, 0) is 40.0 Å². The van der Waals surface area contributed by atoms with Crippen LogP contribution in [-0.4, -0.2) is 10.2 Å². The number of hydrogen-bond acceptors (Lipinski definition) is 4. The Bertz CT molecular complexity index is 704. The van der Waals surface area contributed by atoms with Gasteiger partial charge in [0.2, 0.25) is 0 Å². The van der Waals surface area contributed by atoms with Crippen molar-refractivity contribution in [2.75, 3.05) is 0 Å². The first-order valence-corrected chi connectivity index (χ1v) is 8.80. The molecular weight excluding hydrogens is 376 g/mol. The number of benzene rings is 1. The van der Waals surface area contributed by atoms with E-state index in [0.29, 0.717) is 0 Å². The van der Waals surface area contributed by atoms with Crippen molar-refractivity contribution < 1.29 is 0 Å². The molecule has 0 spiro atoms. The highest BCUT2D eigenvalue weighted by Crippen LogP contribution is 2.39. The predicted octanol–water partition coefficient (Wildman–Crippen LogP) is 5.67. The Kier molecular flexibility index (Phi) is 4.21. The largest absolute Gasteiger partial charge is 0.157 e. The first-order valence-electron chi connectivity index (χ1n) is 5.94. The summed E-state index contributed by atoms with van der Waals surface area (Å²) in [5.41, 5.74) is 2.26. The molecule has 20 heavy (non-hydrogen) atoms. The summed E-state index contributed by atoms with van der Waals surface area (Å²) >= 11 is 13.2. The zero-order chi connectivity index (χ0) is 14.1. The van der Waals surface area contributed by atoms with Gasteiger partial charge in [-0.1, -0.05) is 41.7 Å². The Balaban J connectivity index is 1.90. The maximum atomic E-state index is 6.47. The van der Waals surface area contributed by atoms with Crippen LogP contribution in [0, 0.1) is 6.92 Å². The molecule has 0 saturated carbocycles. The van der Waals surface area contributed by atoms with Crippen LogP contribution in [-0.2, 0) is 0 Å². The number of aryl methyl sites for hydroxylation is 1. The van der Waals surface area contributed by atoms with Gasteiger partial charge in [-0.25, -0.2) is 0 Å². The van der Waals surface area contributed by atoms with Gasteiger partial charge in [0.05, 0.1) is 8.66 Å². The molecule has 0 saturated heterocycles. The topological polar surface area (TPSA) is 25.8 Å². The van der Waals surface area contributed by atoms with E-state index in [-0.39, 0.29) is 5.38 Å². The third-order valence-corrected chi connectivity index (χ3v) is 6.70. The van der Waals surface area contributed by atoms with Crippen molar-refractivity contribution in [1.29, 1.82) is 0 Å². The standard InChI is InChI=1S/C14H10BrClN2S2/c1-8-7-10(19-12(8)15)13-17-18-14(20-13)11(16)9-5-3-2-4-6-9/h2-7,11H,1H3. The maximum absolute atomic E-state index is 6.47. The van der Waals surface area contributed by atoms with Crippen LogP contribution in [0.5, 0.6) is 0 Å². The van der Waals surface area contributed by atoms with Gasteiger partial charge in [0.25, 0.3) is 0 Å². The van der Waals surface area contributed by atoms with Gasteiger partial charge in [0.1, 0.15) is 10.4 Å². The molecule has 1 aromatic carbocycles. The van der Waals surface area contributed by atoms with Crippen LogP contribution >= 0.6 is 50.2 Å². The normalized spacial score (nSPS) is 12.6. The van der Waals surface area contributed by atoms with Crippen LogP contribution in [0.1, 0.15) is 21.5 Å². The Morgan fingerprint density at radius 3 is 2.55 bits per heavy atom. The lowest BCUT2D eigenvalue weighted by Gasteiger charge is -2.04. The average Bonchev–Trinajstić information content (AvgIpc) is 3.07. The average molecular weight is 386 g/mol. The van der Waals surface area contributed by atoms with Gasteiger partial charge in [-0.15, -0.1) is 33.1 Å². The quantitative estimate of drug-likeness (QED) is 0.543. The minimum absolute atomic E-state index is 0.244. The van der Waals surface area contributed by atoms with Crippen LogP contribution in [0.4, 0.5) is 0 Å². The Morgan fingerprint density at radius 1 is 1.15 bits per heavy atom. The summed E-state index contributed by atoms with van der Waals surface area (Å²) in [6.07, 6.45) is 0. The Morgan fingerprint density at radius 2 is 1.90 bits per heavy atom. The molecule has 2 heterocycles. The van der Waals surface area contributed by atoms with E-state index < -0.39 is 0 Å². The number of thiophene rings is 1. The summed E-state index contributed by atoms with van der Waals surface area (Å²) in [5.74, 6) is 0. The first-order chi connectivity index (χ1) is 9.65. The van der Waals surface area contributed by atoms with E-state index in [9.17, 15) is 0 Å². The Hall–Kier alpha value is -0.750. The van der Waals surface area contributed by atoms with Crippen molar-refractivity contribution in [3.8, 4) is 9.88 Å². The fourth-order valence-corrected chi connectivity index (χ4v) is 4.51. The second-order valence-corrected chi connectivity index (χ2v) is 8.10. The Labute approximate surface area is 138 Å². The second kappa shape index (κ2) is 5.93. The fourth-order valence-electron chi connectivity index (χ4n) is 1.77. The molecule has 3 rings (SSSR count). The third-order valence-electron chi connectivity index (χ3n) is 2.82. The van der Waals surface area contributed by atoms with Gasteiger partial charge >= 0.3 is 0 Å². The first kappa shape index (κ1) is 14.2. The molecule has 102 valence electrons. The molecule has 0 aliphatic rings. The summed E-state index contributed by atoms with van der Waals surface area (Å²) in [6, 6.07) is 12.1. The highest BCUT2D eigenvalue weighted by atomic mass is 79.9. The van der Waals surface area contributed by atoms with Crippen molar-refractivity contribution >= 4 is 50.2 Å². The molecule has 2 nitrogen and oxygen atoms in total. The smallest absolute Gasteiger partial charge is 0.141 e. The summed E-state index contributed by atoms with van der Waals surface area (Å²) in [5, 5.41) is 10.00. The predicted molar refractivity (Wildman–Crippen MR) is 89.8 cm³/mol. The molecule has 6 heteroatoms. The van der Waals surface area contributed by atoms with Crippen LogP contribution in [0.3, 0.4) is 0 Å². The van der Waals surface area contributed by atoms with Gasteiger partial charge in [-0.2, -0.15) is 0 Å². The van der Waals surface area contributed by atoms with Gasteiger partial charge in [0, 0.05) is 0 Å². The van der Waals surface area contributed by atoms with Crippen LogP contribution in [0.15, 0.2) is 40.2 Å². The molecule has 2 aromatic heterocycles. The molecule has 0 fully saturated rings. The van der Waals surface area contributed by atoms with Crippen LogP contribution in [0.25, 0.3) is 9.88 Å². The highest BCUT2D eigenvalue weighted by molar-refractivity contribution is 9.11. The molecule has 0 aliphatic carbocycles. The third kappa shape index (κ3) is 2.81. The van der Waals surface area contributed by atoms with Crippen molar-refractivity contribution in [2.45, 2.75) is 12.3 Å². The van der Waals surface area contributed by atoms with E-state index >= 15 is 0 Å². The summed E-state index contributed by atoms with van der Waals surface area (Å²) < 4.78 is 1.13. The molecular formula is C14H10BrClN2S2. The summed E-state index contributed by atoms with van der Waals surface area (Å²) in [7, 11) is 0. The fraction of sp³-hybridized carbons (Fsp3) is 0.143. The number of rotatable bonds is 3. The molecule has 3 aromatic rings. The van der Waals surface area contributed by atoms with E-state index in [0.717, 1.165) is 24.2 Å². The van der Waals surface area contributed by atoms with E-state index in [4.69, 9.17) is 11.6 Å². The van der Waals surface area contributed by atoms with E-state index in [1.807, 2.05) is 30.3 Å².